The minimum atomic E-state index is -0.000558. The number of hydrogen-bond donors (Lipinski definition) is 3. The van der Waals surface area contributed by atoms with Crippen LogP contribution in [-0.4, -0.2) is 41.4 Å². The number of aryl methyl sites for hydroxylation is 1. The molecule has 1 aliphatic rings. The molecule has 0 amide bonds. The van der Waals surface area contributed by atoms with Crippen LogP contribution in [0, 0.1) is 20.4 Å². The lowest BCUT2D eigenvalue weighted by molar-refractivity contribution is 0.124. The van der Waals surface area contributed by atoms with E-state index in [1.54, 1.807) is 24.4 Å². The fourth-order valence-electron chi connectivity index (χ4n) is 5.15. The van der Waals surface area contributed by atoms with E-state index in [-0.39, 0.29) is 22.9 Å². The molecule has 2 aromatic heterocycles. The second-order valence-corrected chi connectivity index (χ2v) is 10.3. The SMILES string of the molecule is C#[N+]/C(=C\c1nnn(C2CC(C)(C)NC(C)(C)C2)c1C)c1ccc(-c2cn[nH]c2C)cc1O. The molecule has 1 aromatic carbocycles. The maximum absolute atomic E-state index is 10.7. The van der Waals surface area contributed by atoms with E-state index in [0.717, 1.165) is 35.4 Å². The first kappa shape index (κ1) is 22.7. The van der Waals surface area contributed by atoms with Gasteiger partial charge in [0.25, 0.3) is 6.57 Å². The fourth-order valence-corrected chi connectivity index (χ4v) is 5.15. The Morgan fingerprint density at radius 2 is 1.91 bits per heavy atom. The highest BCUT2D eigenvalue weighted by Crippen LogP contribution is 2.37. The van der Waals surface area contributed by atoms with E-state index in [0.29, 0.717) is 17.0 Å². The molecule has 8 heteroatoms. The number of aromatic amines is 1. The predicted octanol–water partition coefficient (Wildman–Crippen LogP) is 4.93. The van der Waals surface area contributed by atoms with Crippen LogP contribution < -0.4 is 5.32 Å². The molecule has 3 N–H and O–H groups in total. The molecule has 0 aliphatic carbocycles. The second-order valence-electron chi connectivity index (χ2n) is 10.3. The molecule has 0 bridgehead atoms. The van der Waals surface area contributed by atoms with Crippen LogP contribution in [0.4, 0.5) is 0 Å². The van der Waals surface area contributed by atoms with Crippen molar-refractivity contribution < 1.29 is 5.11 Å². The predicted molar refractivity (Wildman–Crippen MR) is 131 cm³/mol. The van der Waals surface area contributed by atoms with Gasteiger partial charge < -0.3 is 10.4 Å². The third-order valence-electron chi connectivity index (χ3n) is 6.30. The van der Waals surface area contributed by atoms with Gasteiger partial charge in [-0.15, -0.1) is 5.10 Å². The van der Waals surface area contributed by atoms with E-state index in [9.17, 15) is 5.11 Å². The van der Waals surface area contributed by atoms with Crippen LogP contribution in [0.2, 0.25) is 0 Å². The summed E-state index contributed by atoms with van der Waals surface area (Å²) >= 11 is 0. The molecule has 1 fully saturated rings. The highest BCUT2D eigenvalue weighted by atomic mass is 16.3. The molecule has 4 rings (SSSR count). The maximum atomic E-state index is 10.7. The molecule has 0 saturated carbocycles. The van der Waals surface area contributed by atoms with Crippen LogP contribution in [0.3, 0.4) is 0 Å². The topological polar surface area (TPSA) is 96.0 Å². The van der Waals surface area contributed by atoms with Gasteiger partial charge >= 0.3 is 5.70 Å². The number of aromatic nitrogens is 5. The van der Waals surface area contributed by atoms with Crippen LogP contribution in [0.25, 0.3) is 27.7 Å². The van der Waals surface area contributed by atoms with Crippen molar-refractivity contribution >= 4 is 11.8 Å². The molecule has 0 atom stereocenters. The Bertz CT molecular complexity index is 1240. The molecule has 0 radical (unpaired) electrons. The Kier molecular flexibility index (Phi) is 5.62. The zero-order valence-corrected chi connectivity index (χ0v) is 20.1. The molecule has 0 unspecified atom stereocenters. The van der Waals surface area contributed by atoms with Crippen molar-refractivity contribution in [2.24, 2.45) is 0 Å². The van der Waals surface area contributed by atoms with Gasteiger partial charge in [-0.1, -0.05) is 11.3 Å². The standard InChI is InChI=1S/C25H31N7O/c1-15-20(14-27-28-15)17-8-9-19(23(33)10-17)22(26-7)11-21-16(2)32(31-29-21)18-12-24(3,4)30-25(5,6)13-18/h7-11,14,18,30H,12-13H2,1-6H3,(H-,27,28,33)/p+1/b22-11-. The number of phenolic OH excluding ortho intramolecular Hbond substituents is 1. The van der Waals surface area contributed by atoms with Crippen LogP contribution in [0.15, 0.2) is 24.4 Å². The van der Waals surface area contributed by atoms with Gasteiger partial charge in [0, 0.05) is 22.3 Å². The number of phenols is 1. The number of aromatic hydroxyl groups is 1. The summed E-state index contributed by atoms with van der Waals surface area (Å²) in [6.07, 6.45) is 5.41. The third-order valence-corrected chi connectivity index (χ3v) is 6.30. The largest absolute Gasteiger partial charge is 0.507 e. The summed E-state index contributed by atoms with van der Waals surface area (Å²) in [7, 11) is 0. The van der Waals surface area contributed by atoms with Crippen LogP contribution >= 0.6 is 0 Å². The van der Waals surface area contributed by atoms with Crippen LogP contribution in [0.5, 0.6) is 5.75 Å². The Morgan fingerprint density at radius 3 is 2.48 bits per heavy atom. The Labute approximate surface area is 194 Å². The normalized spacial score (nSPS) is 18.3. The lowest BCUT2D eigenvalue weighted by Crippen LogP contribution is -2.58. The smallest absolute Gasteiger partial charge is 0.353 e. The molecule has 0 spiro atoms. The maximum Gasteiger partial charge on any atom is 0.353 e. The number of nitrogens with zero attached hydrogens (tertiary/aromatic N) is 5. The Morgan fingerprint density at radius 1 is 1.21 bits per heavy atom. The quantitative estimate of drug-likeness (QED) is 0.528. The molecule has 3 heterocycles. The molecular weight excluding hydrogens is 414 g/mol. The van der Waals surface area contributed by atoms with Crippen molar-refractivity contribution in [3.8, 4) is 23.4 Å². The number of nitrogens with one attached hydrogen (secondary N) is 2. The fraction of sp³-hybridized carbons (Fsp3) is 0.440. The molecule has 33 heavy (non-hydrogen) atoms. The summed E-state index contributed by atoms with van der Waals surface area (Å²) in [5.41, 5.74) is 5.30. The second kappa shape index (κ2) is 8.16. The molecule has 1 saturated heterocycles. The lowest BCUT2D eigenvalue weighted by atomic mass is 9.79. The van der Waals surface area contributed by atoms with Crippen molar-refractivity contribution in [3.05, 3.63) is 51.9 Å². The molecule has 172 valence electrons. The molecule has 1 aliphatic heterocycles. The van der Waals surface area contributed by atoms with Gasteiger partial charge in [0.1, 0.15) is 17.0 Å². The average Bonchev–Trinajstić information content (AvgIpc) is 3.29. The highest BCUT2D eigenvalue weighted by molar-refractivity contribution is 5.88. The summed E-state index contributed by atoms with van der Waals surface area (Å²) in [4.78, 5) is 3.93. The minimum Gasteiger partial charge on any atom is -0.507 e. The number of hydrogen-bond acceptors (Lipinski definition) is 5. The number of rotatable bonds is 4. The number of H-pyrrole nitrogens is 1. The van der Waals surface area contributed by atoms with Gasteiger partial charge in [-0.2, -0.15) is 5.10 Å². The zero-order valence-electron chi connectivity index (χ0n) is 20.1. The summed E-state index contributed by atoms with van der Waals surface area (Å²) in [5.74, 6) is 0.0837. The first-order valence-corrected chi connectivity index (χ1v) is 11.2. The van der Waals surface area contributed by atoms with Crippen molar-refractivity contribution in [2.45, 2.75) is 71.5 Å². The van der Waals surface area contributed by atoms with Gasteiger partial charge in [-0.05, 0) is 76.9 Å². The third kappa shape index (κ3) is 4.55. The van der Waals surface area contributed by atoms with E-state index in [4.69, 9.17) is 6.57 Å². The first-order valence-electron chi connectivity index (χ1n) is 11.2. The molecule has 8 nitrogen and oxygen atoms in total. The van der Waals surface area contributed by atoms with Gasteiger partial charge in [0.15, 0.2) is 0 Å². The van der Waals surface area contributed by atoms with Gasteiger partial charge in [0.05, 0.1) is 24.0 Å². The minimum absolute atomic E-state index is 0.000558. The molecular formula is C25H32N7O+. The van der Waals surface area contributed by atoms with Crippen molar-refractivity contribution in [1.29, 1.82) is 0 Å². The highest BCUT2D eigenvalue weighted by Gasteiger charge is 2.39. The van der Waals surface area contributed by atoms with E-state index in [1.807, 2.05) is 24.6 Å². The average molecular weight is 447 g/mol. The van der Waals surface area contributed by atoms with Crippen molar-refractivity contribution in [3.63, 3.8) is 0 Å². The Hall–Kier alpha value is -3.44. The number of piperidine rings is 1. The summed E-state index contributed by atoms with van der Waals surface area (Å²) in [6.45, 7) is 18.5. The van der Waals surface area contributed by atoms with Gasteiger partial charge in [-0.25, -0.2) is 4.68 Å². The first-order chi connectivity index (χ1) is 15.5. The zero-order chi connectivity index (χ0) is 24.0. The van der Waals surface area contributed by atoms with Crippen molar-refractivity contribution in [2.75, 3.05) is 0 Å². The Balaban J connectivity index is 1.66. The van der Waals surface area contributed by atoms with Crippen molar-refractivity contribution in [1.82, 2.24) is 30.5 Å². The molecule has 3 aromatic rings. The van der Waals surface area contributed by atoms with E-state index < -0.39 is 0 Å². The van der Waals surface area contributed by atoms with Gasteiger partial charge in [-0.3, -0.25) is 5.10 Å². The van der Waals surface area contributed by atoms with E-state index in [1.165, 1.54) is 0 Å². The summed E-state index contributed by atoms with van der Waals surface area (Å²) < 4.78 is 2.01. The van der Waals surface area contributed by atoms with E-state index >= 15 is 0 Å². The monoisotopic (exact) mass is 446 g/mol. The summed E-state index contributed by atoms with van der Waals surface area (Å²) in [5, 5.41) is 30.3. The van der Waals surface area contributed by atoms with E-state index in [2.05, 4.69) is 58.4 Å². The summed E-state index contributed by atoms with van der Waals surface area (Å²) in [6, 6.07) is 5.64. The van der Waals surface area contributed by atoms with Crippen LogP contribution in [0.1, 0.15) is 69.2 Å². The van der Waals surface area contributed by atoms with Gasteiger partial charge in [0.2, 0.25) is 0 Å². The lowest BCUT2D eigenvalue weighted by Gasteiger charge is -2.46. The van der Waals surface area contributed by atoms with Crippen LogP contribution in [-0.2, 0) is 0 Å². The number of benzene rings is 1.